The number of hydrogen-bond donors (Lipinski definition) is 0. The summed E-state index contributed by atoms with van der Waals surface area (Å²) >= 11 is 3.28. The molecule has 0 atom stereocenters. The predicted octanol–water partition coefficient (Wildman–Crippen LogP) is 6.61. The molecule has 0 saturated heterocycles. The maximum Gasteiger partial charge on any atom is 0.267 e. The molecule has 2 aromatic heterocycles. The Bertz CT molecular complexity index is 1630. The molecule has 1 aliphatic heterocycles. The van der Waals surface area contributed by atoms with Crippen LogP contribution in [-0.4, -0.2) is 28.1 Å². The summed E-state index contributed by atoms with van der Waals surface area (Å²) in [5, 5.41) is 1.49. The van der Waals surface area contributed by atoms with Crippen LogP contribution in [-0.2, 0) is 25.3 Å². The van der Waals surface area contributed by atoms with E-state index < -0.39 is 0 Å². The van der Waals surface area contributed by atoms with Crippen molar-refractivity contribution in [2.24, 2.45) is 0 Å². The number of hydrogen-bond acceptors (Lipinski definition) is 6. The van der Waals surface area contributed by atoms with Crippen LogP contribution in [0.4, 0.5) is 0 Å². The first-order chi connectivity index (χ1) is 18.6. The highest BCUT2D eigenvalue weighted by Gasteiger charge is 2.26. The van der Waals surface area contributed by atoms with Gasteiger partial charge in [0.2, 0.25) is 0 Å². The van der Waals surface area contributed by atoms with Crippen LogP contribution in [0.5, 0.6) is 5.75 Å². The SMILES string of the molecule is COc1ccc(-n2c(SCc3ccc(C)cc3)nc3sc4c(c3c2=O)CCN(Cc2ccccc2)C4)cc1. The molecule has 0 spiro atoms. The Hall–Kier alpha value is -3.39. The van der Waals surface area contributed by atoms with Crippen molar-refractivity contribution in [1.29, 1.82) is 0 Å². The molecule has 0 radical (unpaired) electrons. The van der Waals surface area contributed by atoms with Crippen LogP contribution >= 0.6 is 23.1 Å². The van der Waals surface area contributed by atoms with E-state index in [9.17, 15) is 4.79 Å². The van der Waals surface area contributed by atoms with Gasteiger partial charge in [0.15, 0.2) is 5.16 Å². The van der Waals surface area contributed by atoms with E-state index in [4.69, 9.17) is 9.72 Å². The van der Waals surface area contributed by atoms with Crippen molar-refractivity contribution >= 4 is 33.3 Å². The van der Waals surface area contributed by atoms with E-state index in [1.54, 1.807) is 34.8 Å². The van der Waals surface area contributed by atoms with E-state index in [2.05, 4.69) is 66.4 Å². The second-order valence-corrected chi connectivity index (χ2v) is 11.7. The van der Waals surface area contributed by atoms with Crippen molar-refractivity contribution in [3.63, 3.8) is 0 Å². The maximum absolute atomic E-state index is 14.1. The first-order valence-electron chi connectivity index (χ1n) is 12.8. The van der Waals surface area contributed by atoms with Crippen LogP contribution in [0.15, 0.2) is 88.8 Å². The molecule has 192 valence electrons. The van der Waals surface area contributed by atoms with Crippen LogP contribution in [0.2, 0.25) is 0 Å². The van der Waals surface area contributed by atoms with Gasteiger partial charge in [-0.1, -0.05) is 71.9 Å². The van der Waals surface area contributed by atoms with Gasteiger partial charge in [0.25, 0.3) is 5.56 Å². The Morgan fingerprint density at radius 1 is 0.974 bits per heavy atom. The molecule has 1 aliphatic rings. The van der Waals surface area contributed by atoms with Crippen molar-refractivity contribution in [2.45, 2.75) is 37.3 Å². The molecular weight excluding hydrogens is 510 g/mol. The zero-order valence-corrected chi connectivity index (χ0v) is 23.1. The molecular formula is C31H29N3O2S2. The summed E-state index contributed by atoms with van der Waals surface area (Å²) in [7, 11) is 1.65. The van der Waals surface area contributed by atoms with E-state index in [0.29, 0.717) is 5.16 Å². The lowest BCUT2D eigenvalue weighted by Gasteiger charge is -2.26. The van der Waals surface area contributed by atoms with Crippen molar-refractivity contribution in [2.75, 3.05) is 13.7 Å². The quantitative estimate of drug-likeness (QED) is 0.172. The third-order valence-corrected chi connectivity index (χ3v) is 9.11. The molecule has 5 nitrogen and oxygen atoms in total. The Kier molecular flexibility index (Phi) is 7.06. The van der Waals surface area contributed by atoms with Crippen LogP contribution in [0.1, 0.15) is 27.1 Å². The van der Waals surface area contributed by atoms with Crippen LogP contribution in [0, 0.1) is 6.92 Å². The van der Waals surface area contributed by atoms with Crippen molar-refractivity contribution in [3.8, 4) is 11.4 Å². The molecule has 0 aliphatic carbocycles. The molecule has 7 heteroatoms. The molecule has 3 aromatic carbocycles. The first-order valence-corrected chi connectivity index (χ1v) is 14.6. The van der Waals surface area contributed by atoms with Gasteiger partial charge >= 0.3 is 0 Å². The van der Waals surface area contributed by atoms with Gasteiger partial charge in [0, 0.05) is 30.3 Å². The average molecular weight is 540 g/mol. The van der Waals surface area contributed by atoms with E-state index in [1.165, 1.54) is 27.1 Å². The Morgan fingerprint density at radius 3 is 2.47 bits per heavy atom. The highest BCUT2D eigenvalue weighted by molar-refractivity contribution is 7.98. The van der Waals surface area contributed by atoms with E-state index in [1.807, 2.05) is 24.3 Å². The van der Waals surface area contributed by atoms with Gasteiger partial charge in [-0.05, 0) is 54.3 Å². The summed E-state index contributed by atoms with van der Waals surface area (Å²) in [5.74, 6) is 1.50. The van der Waals surface area contributed by atoms with Crippen molar-refractivity contribution < 1.29 is 4.74 Å². The third-order valence-electron chi connectivity index (χ3n) is 6.99. The average Bonchev–Trinajstić information content (AvgIpc) is 3.31. The summed E-state index contributed by atoms with van der Waals surface area (Å²) in [4.78, 5) is 23.8. The monoisotopic (exact) mass is 539 g/mol. The van der Waals surface area contributed by atoms with Crippen LogP contribution < -0.4 is 10.3 Å². The minimum absolute atomic E-state index is 0.0144. The number of benzene rings is 3. The lowest BCUT2D eigenvalue weighted by atomic mass is 10.0. The summed E-state index contributed by atoms with van der Waals surface area (Å²) < 4.78 is 7.14. The number of aromatic nitrogens is 2. The molecule has 0 saturated carbocycles. The van der Waals surface area contributed by atoms with Crippen LogP contribution in [0.3, 0.4) is 0 Å². The Morgan fingerprint density at radius 2 is 1.74 bits per heavy atom. The number of methoxy groups -OCH3 is 1. The van der Waals surface area contributed by atoms with E-state index in [0.717, 1.165) is 53.5 Å². The van der Waals surface area contributed by atoms with Gasteiger partial charge in [0.1, 0.15) is 10.6 Å². The molecule has 0 bridgehead atoms. The summed E-state index contributed by atoms with van der Waals surface area (Å²) in [5.41, 5.74) is 5.74. The number of ether oxygens (including phenoxy) is 1. The molecule has 0 N–H and O–H groups in total. The standard InChI is InChI=1S/C31H29N3O2S2/c1-21-8-10-23(11-9-21)20-37-31-32-29-28(30(35)34(31)24-12-14-25(36-2)15-13-24)26-16-17-33(19-27(26)38-29)18-22-6-4-3-5-7-22/h3-15H,16-20H2,1-2H3. The molecule has 0 unspecified atom stereocenters. The fraction of sp³-hybridized carbons (Fsp3) is 0.226. The first kappa shape index (κ1) is 24.9. The normalized spacial score (nSPS) is 13.5. The Balaban J connectivity index is 1.39. The zero-order valence-electron chi connectivity index (χ0n) is 21.5. The fourth-order valence-corrected chi connectivity index (χ4v) is 7.21. The second-order valence-electron chi connectivity index (χ2n) is 9.64. The van der Waals surface area contributed by atoms with Gasteiger partial charge in [-0.2, -0.15) is 0 Å². The highest BCUT2D eigenvalue weighted by atomic mass is 32.2. The number of thiophene rings is 1. The summed E-state index contributed by atoms with van der Waals surface area (Å²) in [6.07, 6.45) is 0.859. The summed E-state index contributed by atoms with van der Waals surface area (Å²) in [6, 6.07) is 26.8. The minimum atomic E-state index is 0.0144. The number of rotatable bonds is 7. The summed E-state index contributed by atoms with van der Waals surface area (Å²) in [6.45, 7) is 4.78. The van der Waals surface area contributed by atoms with Gasteiger partial charge in [-0.3, -0.25) is 14.3 Å². The lowest BCUT2D eigenvalue weighted by molar-refractivity contribution is 0.249. The highest BCUT2D eigenvalue weighted by Crippen LogP contribution is 2.35. The fourth-order valence-electron chi connectivity index (χ4n) is 4.94. The van der Waals surface area contributed by atoms with Crippen molar-refractivity contribution in [1.82, 2.24) is 14.5 Å². The lowest BCUT2D eigenvalue weighted by Crippen LogP contribution is -2.30. The third kappa shape index (κ3) is 5.01. The van der Waals surface area contributed by atoms with E-state index in [-0.39, 0.29) is 5.56 Å². The largest absolute Gasteiger partial charge is 0.497 e. The Labute approximate surface area is 230 Å². The topological polar surface area (TPSA) is 47.4 Å². The number of nitrogens with zero attached hydrogens (tertiary/aromatic N) is 3. The molecule has 3 heterocycles. The predicted molar refractivity (Wildman–Crippen MR) is 157 cm³/mol. The molecule has 0 amide bonds. The molecule has 6 rings (SSSR count). The van der Waals surface area contributed by atoms with Crippen molar-refractivity contribution in [3.05, 3.63) is 116 Å². The number of aryl methyl sites for hydroxylation is 1. The van der Waals surface area contributed by atoms with Gasteiger partial charge in [-0.15, -0.1) is 11.3 Å². The molecule has 0 fully saturated rings. The number of thioether (sulfide) groups is 1. The molecule has 5 aromatic rings. The second kappa shape index (κ2) is 10.8. The maximum atomic E-state index is 14.1. The van der Waals surface area contributed by atoms with Gasteiger partial charge < -0.3 is 4.74 Å². The van der Waals surface area contributed by atoms with E-state index >= 15 is 0 Å². The van der Waals surface area contributed by atoms with Gasteiger partial charge in [0.05, 0.1) is 18.2 Å². The van der Waals surface area contributed by atoms with Crippen LogP contribution in [0.25, 0.3) is 15.9 Å². The minimum Gasteiger partial charge on any atom is -0.497 e. The molecule has 38 heavy (non-hydrogen) atoms. The van der Waals surface area contributed by atoms with Gasteiger partial charge in [-0.25, -0.2) is 4.98 Å². The number of fused-ring (bicyclic) bond motifs is 3. The zero-order chi connectivity index (χ0) is 26.1. The smallest absolute Gasteiger partial charge is 0.267 e.